The number of carbonyl (C=O) groups is 2. The molecule has 3 aromatic heterocycles. The number of pyridine rings is 1. The van der Waals surface area contributed by atoms with E-state index in [-0.39, 0.29) is 17.1 Å². The van der Waals surface area contributed by atoms with Gasteiger partial charge in [0.1, 0.15) is 10.9 Å². The molecule has 1 saturated carbocycles. The largest absolute Gasteiger partial charge is 0.511 e. The molecule has 7 rings (SSSR count). The second-order valence-corrected chi connectivity index (χ2v) is 13.2. The van der Waals surface area contributed by atoms with Gasteiger partial charge < -0.3 is 18.8 Å². The zero-order valence-electron chi connectivity index (χ0n) is 27.2. The van der Waals surface area contributed by atoms with E-state index >= 15 is 0 Å². The molecule has 6 aromatic rings. The number of esters is 1. The summed E-state index contributed by atoms with van der Waals surface area (Å²) in [6.45, 7) is 3.91. The molecule has 0 aliphatic heterocycles. The standard InChI is InChI=1S/C37H35N5O6S/c1-3-26-20-31-33(43)29-14-9-15-30(36(44)46-22(2)47-37(45)48-25-10-5-4-6-11-25)32(29)42(35(31)49-26)21-23-16-18-24(19-17-23)27-12-7-8-13-28(27)34-38-40-41-39-34/h7-9,12-20,22,25H,3-6,10-11,21H2,1-2H3,(H,38,39,40,41). The molecule has 3 heterocycles. The highest BCUT2D eigenvalue weighted by Gasteiger charge is 2.25. The van der Waals surface area contributed by atoms with E-state index in [2.05, 4.69) is 20.6 Å². The first-order valence-electron chi connectivity index (χ1n) is 16.5. The Balaban J connectivity index is 1.22. The second kappa shape index (κ2) is 14.0. The molecule has 1 aliphatic rings. The quantitative estimate of drug-likeness (QED) is 0.121. The predicted molar refractivity (Wildman–Crippen MR) is 186 cm³/mol. The van der Waals surface area contributed by atoms with Crippen LogP contribution in [0, 0.1) is 0 Å². The van der Waals surface area contributed by atoms with E-state index in [0.717, 1.165) is 70.5 Å². The van der Waals surface area contributed by atoms with Crippen molar-refractivity contribution >= 4 is 44.6 Å². The summed E-state index contributed by atoms with van der Waals surface area (Å²) in [6, 6.07) is 23.0. The van der Waals surface area contributed by atoms with Crippen LogP contribution in [0.2, 0.25) is 0 Å². The molecule has 250 valence electrons. The van der Waals surface area contributed by atoms with Gasteiger partial charge in [0, 0.05) is 29.3 Å². The summed E-state index contributed by atoms with van der Waals surface area (Å²) in [5.41, 5.74) is 4.30. The number of aryl methyl sites for hydroxylation is 1. The number of aromatic amines is 1. The number of hydrogen-bond acceptors (Lipinski definition) is 10. The van der Waals surface area contributed by atoms with Gasteiger partial charge in [0.05, 0.1) is 16.5 Å². The van der Waals surface area contributed by atoms with E-state index in [0.29, 0.717) is 28.7 Å². The number of carbonyl (C=O) groups excluding carboxylic acids is 2. The maximum absolute atomic E-state index is 13.8. The van der Waals surface area contributed by atoms with Crippen LogP contribution in [0.25, 0.3) is 43.6 Å². The number of nitrogens with zero attached hydrogens (tertiary/aromatic N) is 4. The number of hydrogen-bond donors (Lipinski definition) is 1. The Kier molecular flexibility index (Phi) is 9.21. The molecule has 0 bridgehead atoms. The highest BCUT2D eigenvalue weighted by atomic mass is 32.1. The number of H-pyrrole nitrogens is 1. The number of thiophene rings is 1. The lowest BCUT2D eigenvalue weighted by molar-refractivity contribution is -0.0914. The number of fused-ring (bicyclic) bond motifs is 2. The minimum absolute atomic E-state index is 0.152. The van der Waals surface area contributed by atoms with Crippen molar-refractivity contribution in [2.45, 2.75) is 71.3 Å². The van der Waals surface area contributed by atoms with Crippen molar-refractivity contribution in [2.24, 2.45) is 0 Å². The summed E-state index contributed by atoms with van der Waals surface area (Å²) in [5.74, 6) is -0.135. The first kappa shape index (κ1) is 32.2. The van der Waals surface area contributed by atoms with Gasteiger partial charge in [0.25, 0.3) is 0 Å². The van der Waals surface area contributed by atoms with Gasteiger partial charge in [-0.15, -0.1) is 16.4 Å². The zero-order valence-corrected chi connectivity index (χ0v) is 28.0. The van der Waals surface area contributed by atoms with Crippen molar-refractivity contribution in [3.63, 3.8) is 0 Å². The molecule has 49 heavy (non-hydrogen) atoms. The van der Waals surface area contributed by atoms with Crippen LogP contribution in [0.15, 0.2) is 77.6 Å². The van der Waals surface area contributed by atoms with Gasteiger partial charge >= 0.3 is 12.1 Å². The molecular weight excluding hydrogens is 643 g/mol. The molecule has 0 spiro atoms. The van der Waals surface area contributed by atoms with Crippen molar-refractivity contribution in [2.75, 3.05) is 0 Å². The normalized spacial score (nSPS) is 14.2. The van der Waals surface area contributed by atoms with Crippen LogP contribution in [-0.2, 0) is 27.2 Å². The topological polar surface area (TPSA) is 138 Å². The third-order valence-corrected chi connectivity index (χ3v) is 10.2. The molecule has 1 fully saturated rings. The SMILES string of the molecule is CCc1cc2c(=O)c3cccc(C(=O)OC(C)OC(=O)OC4CCCCC4)c3n(Cc3ccc(-c4ccccc4-c4nnn[nH]4)cc3)c2s1. The van der Waals surface area contributed by atoms with E-state index in [1.807, 2.05) is 66.1 Å². The Morgan fingerprint density at radius 1 is 0.959 bits per heavy atom. The third-order valence-electron chi connectivity index (χ3n) is 8.86. The van der Waals surface area contributed by atoms with Crippen molar-refractivity contribution in [3.8, 4) is 22.5 Å². The Morgan fingerprint density at radius 3 is 2.47 bits per heavy atom. The smallest absolute Gasteiger partial charge is 0.431 e. The lowest BCUT2D eigenvalue weighted by Gasteiger charge is -2.22. The fraction of sp³-hybridized carbons (Fsp3) is 0.297. The molecule has 12 heteroatoms. The molecular formula is C37H35N5O6S. The van der Waals surface area contributed by atoms with Gasteiger partial charge in [-0.1, -0.05) is 67.9 Å². The average Bonchev–Trinajstić information content (AvgIpc) is 3.82. The van der Waals surface area contributed by atoms with Gasteiger partial charge in [-0.2, -0.15) is 0 Å². The van der Waals surface area contributed by atoms with Crippen LogP contribution in [0.1, 0.15) is 66.8 Å². The first-order valence-corrected chi connectivity index (χ1v) is 17.3. The third kappa shape index (κ3) is 6.68. The lowest BCUT2D eigenvalue weighted by Crippen LogP contribution is -2.27. The molecule has 0 radical (unpaired) electrons. The Labute approximate surface area is 285 Å². The highest BCUT2D eigenvalue weighted by molar-refractivity contribution is 7.18. The Morgan fingerprint density at radius 2 is 1.73 bits per heavy atom. The zero-order chi connectivity index (χ0) is 33.9. The second-order valence-electron chi connectivity index (χ2n) is 12.1. The number of ether oxygens (including phenoxy) is 3. The minimum Gasteiger partial charge on any atom is -0.431 e. The van der Waals surface area contributed by atoms with E-state index in [1.165, 1.54) is 18.3 Å². The Hall–Kier alpha value is -5.36. The summed E-state index contributed by atoms with van der Waals surface area (Å²) in [6.07, 6.45) is 3.24. The van der Waals surface area contributed by atoms with Crippen molar-refractivity contribution in [1.29, 1.82) is 0 Å². The molecule has 0 amide bonds. The molecule has 1 N–H and O–H groups in total. The minimum atomic E-state index is -1.20. The molecule has 1 unspecified atom stereocenters. The fourth-order valence-electron chi connectivity index (χ4n) is 6.46. The van der Waals surface area contributed by atoms with Crippen LogP contribution in [0.4, 0.5) is 4.79 Å². The van der Waals surface area contributed by atoms with E-state index in [9.17, 15) is 14.4 Å². The van der Waals surface area contributed by atoms with E-state index in [1.54, 1.807) is 18.2 Å². The predicted octanol–water partition coefficient (Wildman–Crippen LogP) is 7.66. The maximum atomic E-state index is 13.8. The molecule has 1 atom stereocenters. The molecule has 1 aliphatic carbocycles. The van der Waals surface area contributed by atoms with Crippen LogP contribution in [0.3, 0.4) is 0 Å². The van der Waals surface area contributed by atoms with Crippen molar-refractivity contribution < 1.29 is 23.8 Å². The van der Waals surface area contributed by atoms with Gasteiger partial charge in [0.2, 0.25) is 6.29 Å². The van der Waals surface area contributed by atoms with E-state index < -0.39 is 18.4 Å². The number of benzene rings is 3. The molecule has 0 saturated heterocycles. The van der Waals surface area contributed by atoms with Crippen LogP contribution in [0.5, 0.6) is 0 Å². The van der Waals surface area contributed by atoms with Crippen LogP contribution >= 0.6 is 11.3 Å². The van der Waals surface area contributed by atoms with Gasteiger partial charge in [0.15, 0.2) is 11.3 Å². The maximum Gasteiger partial charge on any atom is 0.511 e. The summed E-state index contributed by atoms with van der Waals surface area (Å²) in [7, 11) is 0. The number of para-hydroxylation sites is 1. The lowest BCUT2D eigenvalue weighted by atomic mass is 9.98. The van der Waals surface area contributed by atoms with Crippen LogP contribution < -0.4 is 5.43 Å². The van der Waals surface area contributed by atoms with Gasteiger partial charge in [-0.25, -0.2) is 14.7 Å². The number of aromatic nitrogens is 5. The monoisotopic (exact) mass is 677 g/mol. The number of rotatable bonds is 9. The van der Waals surface area contributed by atoms with E-state index in [4.69, 9.17) is 14.2 Å². The van der Waals surface area contributed by atoms with Crippen molar-refractivity contribution in [1.82, 2.24) is 25.2 Å². The Bertz CT molecular complexity index is 2190. The summed E-state index contributed by atoms with van der Waals surface area (Å²) < 4.78 is 18.3. The van der Waals surface area contributed by atoms with Crippen molar-refractivity contribution in [3.05, 3.63) is 99.0 Å². The highest BCUT2D eigenvalue weighted by Crippen LogP contribution is 2.33. The number of tetrazole rings is 1. The summed E-state index contributed by atoms with van der Waals surface area (Å²) in [5, 5.41) is 15.4. The average molecular weight is 678 g/mol. The fourth-order valence-corrected chi connectivity index (χ4v) is 7.55. The molecule has 11 nitrogen and oxygen atoms in total. The summed E-state index contributed by atoms with van der Waals surface area (Å²) in [4.78, 5) is 41.8. The van der Waals surface area contributed by atoms with Gasteiger partial charge in [-0.05, 0) is 77.4 Å². The number of nitrogens with one attached hydrogen (secondary N) is 1. The first-order chi connectivity index (χ1) is 23.9. The van der Waals surface area contributed by atoms with Gasteiger partial charge in [-0.3, -0.25) is 4.79 Å². The summed E-state index contributed by atoms with van der Waals surface area (Å²) >= 11 is 1.53. The molecule has 3 aromatic carbocycles. The van der Waals surface area contributed by atoms with Crippen LogP contribution in [-0.4, -0.2) is 49.7 Å².